The van der Waals surface area contributed by atoms with Gasteiger partial charge >= 0.3 is 0 Å². The van der Waals surface area contributed by atoms with Crippen molar-refractivity contribution in [2.45, 2.75) is 33.1 Å². The summed E-state index contributed by atoms with van der Waals surface area (Å²) in [6.07, 6.45) is 3.67. The smallest absolute Gasteiger partial charge is 0.149 e. The highest BCUT2D eigenvalue weighted by Gasteiger charge is 2.23. The molecule has 94 valence electrons. The van der Waals surface area contributed by atoms with Gasteiger partial charge in [0.15, 0.2) is 0 Å². The fraction of sp³-hybridized carbons (Fsp3) is 0.615. The summed E-state index contributed by atoms with van der Waals surface area (Å²) in [5.41, 5.74) is 12.4. The summed E-state index contributed by atoms with van der Waals surface area (Å²) in [6, 6.07) is 3.80. The van der Waals surface area contributed by atoms with Crippen LogP contribution in [-0.2, 0) is 0 Å². The van der Waals surface area contributed by atoms with E-state index in [4.69, 9.17) is 11.5 Å². The molecule has 1 aromatic heterocycles. The largest absolute Gasteiger partial charge is 0.396 e. The average Bonchev–Trinajstić information content (AvgIpc) is 2.44. The van der Waals surface area contributed by atoms with Crippen LogP contribution in [0.5, 0.6) is 0 Å². The number of aromatic nitrogens is 1. The first-order chi connectivity index (χ1) is 7.98. The minimum Gasteiger partial charge on any atom is -0.396 e. The maximum Gasteiger partial charge on any atom is 0.149 e. The summed E-state index contributed by atoms with van der Waals surface area (Å²) in [5.74, 6) is 1.39. The van der Waals surface area contributed by atoms with Gasteiger partial charge in [-0.05, 0) is 36.8 Å². The molecule has 0 bridgehead atoms. The molecule has 4 nitrogen and oxygen atoms in total. The molecule has 17 heavy (non-hydrogen) atoms. The van der Waals surface area contributed by atoms with Crippen molar-refractivity contribution in [3.8, 4) is 0 Å². The summed E-state index contributed by atoms with van der Waals surface area (Å²) < 4.78 is 0. The standard InChI is InChI=1S/C13H22N4/c1-13(2)6-3-8-17(9-7-13)11-5-4-10(14)12(15)16-11/h4-5H,3,6-9,14H2,1-2H3,(H2,15,16). The van der Waals surface area contributed by atoms with Gasteiger partial charge in [0.2, 0.25) is 0 Å². The van der Waals surface area contributed by atoms with E-state index >= 15 is 0 Å². The van der Waals surface area contributed by atoms with Crippen LogP contribution in [0.2, 0.25) is 0 Å². The summed E-state index contributed by atoms with van der Waals surface area (Å²) in [7, 11) is 0. The van der Waals surface area contributed by atoms with Crippen molar-refractivity contribution in [1.82, 2.24) is 4.98 Å². The van der Waals surface area contributed by atoms with Crippen molar-refractivity contribution >= 4 is 17.3 Å². The maximum atomic E-state index is 5.76. The second-order valence-corrected chi connectivity index (χ2v) is 5.65. The van der Waals surface area contributed by atoms with Gasteiger partial charge in [-0.3, -0.25) is 0 Å². The molecule has 1 fully saturated rings. The molecule has 0 spiro atoms. The number of nitrogen functional groups attached to an aromatic ring is 2. The molecule has 1 aliphatic rings. The highest BCUT2D eigenvalue weighted by molar-refractivity contribution is 5.62. The number of nitrogens with two attached hydrogens (primary N) is 2. The first-order valence-electron chi connectivity index (χ1n) is 6.25. The normalized spacial score (nSPS) is 20.0. The van der Waals surface area contributed by atoms with Gasteiger partial charge in [0.1, 0.15) is 11.6 Å². The van der Waals surface area contributed by atoms with Gasteiger partial charge in [-0.2, -0.15) is 0 Å². The molecule has 0 saturated carbocycles. The van der Waals surface area contributed by atoms with Crippen molar-refractivity contribution < 1.29 is 0 Å². The van der Waals surface area contributed by atoms with Gasteiger partial charge in [0.05, 0.1) is 5.69 Å². The summed E-state index contributed by atoms with van der Waals surface area (Å²) in [5, 5.41) is 0. The SMILES string of the molecule is CC1(C)CCCN(c2ccc(N)c(N)n2)CC1. The highest BCUT2D eigenvalue weighted by atomic mass is 15.2. The van der Waals surface area contributed by atoms with E-state index in [-0.39, 0.29) is 0 Å². The maximum absolute atomic E-state index is 5.76. The van der Waals surface area contributed by atoms with Crippen LogP contribution in [0.3, 0.4) is 0 Å². The Morgan fingerprint density at radius 1 is 1.18 bits per heavy atom. The van der Waals surface area contributed by atoms with E-state index in [1.54, 1.807) is 0 Å². The molecule has 1 aliphatic heterocycles. The van der Waals surface area contributed by atoms with Crippen molar-refractivity contribution in [1.29, 1.82) is 0 Å². The quantitative estimate of drug-likeness (QED) is 0.782. The van der Waals surface area contributed by atoms with Gasteiger partial charge in [-0.15, -0.1) is 0 Å². The zero-order valence-corrected chi connectivity index (χ0v) is 10.7. The predicted octanol–water partition coefficient (Wildman–Crippen LogP) is 2.26. The van der Waals surface area contributed by atoms with Crippen LogP contribution < -0.4 is 16.4 Å². The topological polar surface area (TPSA) is 68.2 Å². The van der Waals surface area contributed by atoms with Gasteiger partial charge < -0.3 is 16.4 Å². The Morgan fingerprint density at radius 2 is 1.94 bits per heavy atom. The van der Waals surface area contributed by atoms with Crippen molar-refractivity contribution in [2.24, 2.45) is 5.41 Å². The summed E-state index contributed by atoms with van der Waals surface area (Å²) in [4.78, 5) is 6.67. The fourth-order valence-electron chi connectivity index (χ4n) is 2.30. The van der Waals surface area contributed by atoms with Gasteiger partial charge in [0.25, 0.3) is 0 Å². The number of anilines is 3. The molecule has 2 heterocycles. The van der Waals surface area contributed by atoms with Crippen LogP contribution in [0.15, 0.2) is 12.1 Å². The van der Waals surface area contributed by atoms with Crippen LogP contribution in [0.4, 0.5) is 17.3 Å². The van der Waals surface area contributed by atoms with E-state index in [0.717, 1.165) is 18.9 Å². The molecule has 4 N–H and O–H groups in total. The van der Waals surface area contributed by atoms with E-state index in [9.17, 15) is 0 Å². The first kappa shape index (κ1) is 12.0. The summed E-state index contributed by atoms with van der Waals surface area (Å²) in [6.45, 7) is 6.77. The lowest BCUT2D eigenvalue weighted by molar-refractivity contribution is 0.325. The first-order valence-corrected chi connectivity index (χ1v) is 6.25. The van der Waals surface area contributed by atoms with Gasteiger partial charge in [-0.25, -0.2) is 4.98 Å². The van der Waals surface area contributed by atoms with E-state index in [2.05, 4.69) is 23.7 Å². The molecule has 0 atom stereocenters. The monoisotopic (exact) mass is 234 g/mol. The van der Waals surface area contributed by atoms with Crippen molar-refractivity contribution in [3.63, 3.8) is 0 Å². The third-order valence-electron chi connectivity index (χ3n) is 3.61. The molecule has 1 aromatic rings. The second-order valence-electron chi connectivity index (χ2n) is 5.65. The Morgan fingerprint density at radius 3 is 2.65 bits per heavy atom. The molecule has 2 rings (SSSR count). The Labute approximate surface area is 103 Å². The van der Waals surface area contributed by atoms with E-state index in [0.29, 0.717) is 16.9 Å². The lowest BCUT2D eigenvalue weighted by atomic mass is 9.85. The summed E-state index contributed by atoms with van der Waals surface area (Å²) >= 11 is 0. The van der Waals surface area contributed by atoms with Gasteiger partial charge in [-0.1, -0.05) is 13.8 Å². The molecule has 4 heteroatoms. The zero-order chi connectivity index (χ0) is 12.5. The molecule has 0 aliphatic carbocycles. The Bertz CT molecular complexity index is 400. The lowest BCUT2D eigenvalue weighted by Gasteiger charge is -2.24. The van der Waals surface area contributed by atoms with Crippen LogP contribution in [0, 0.1) is 5.41 Å². The van der Waals surface area contributed by atoms with Gasteiger partial charge in [0, 0.05) is 13.1 Å². The molecular formula is C13H22N4. The van der Waals surface area contributed by atoms with Crippen molar-refractivity contribution in [2.75, 3.05) is 29.5 Å². The Balaban J connectivity index is 2.14. The lowest BCUT2D eigenvalue weighted by Crippen LogP contribution is -2.26. The molecular weight excluding hydrogens is 212 g/mol. The van der Waals surface area contributed by atoms with E-state index in [1.165, 1.54) is 19.3 Å². The number of nitrogens with zero attached hydrogens (tertiary/aromatic N) is 2. The van der Waals surface area contributed by atoms with Crippen LogP contribution >= 0.6 is 0 Å². The Kier molecular flexibility index (Phi) is 3.13. The number of hydrogen-bond acceptors (Lipinski definition) is 4. The fourth-order valence-corrected chi connectivity index (χ4v) is 2.30. The highest BCUT2D eigenvalue weighted by Crippen LogP contribution is 2.31. The van der Waals surface area contributed by atoms with Crippen LogP contribution in [-0.4, -0.2) is 18.1 Å². The number of rotatable bonds is 1. The minimum absolute atomic E-state index is 0.436. The Hall–Kier alpha value is -1.45. The minimum atomic E-state index is 0.436. The molecule has 0 aromatic carbocycles. The third kappa shape index (κ3) is 2.81. The molecule has 0 amide bonds. The average molecular weight is 234 g/mol. The third-order valence-corrected chi connectivity index (χ3v) is 3.61. The number of hydrogen-bond donors (Lipinski definition) is 2. The molecule has 0 radical (unpaired) electrons. The van der Waals surface area contributed by atoms with E-state index in [1.807, 2.05) is 12.1 Å². The number of pyridine rings is 1. The van der Waals surface area contributed by atoms with Crippen LogP contribution in [0.25, 0.3) is 0 Å². The second kappa shape index (κ2) is 4.43. The van der Waals surface area contributed by atoms with E-state index < -0.39 is 0 Å². The predicted molar refractivity (Wildman–Crippen MR) is 72.9 cm³/mol. The van der Waals surface area contributed by atoms with Crippen LogP contribution in [0.1, 0.15) is 33.1 Å². The molecule has 0 unspecified atom stereocenters. The zero-order valence-electron chi connectivity index (χ0n) is 10.7. The van der Waals surface area contributed by atoms with Crippen molar-refractivity contribution in [3.05, 3.63) is 12.1 Å². The molecule has 1 saturated heterocycles.